The monoisotopic (exact) mass is 325 g/mol. The topological polar surface area (TPSA) is 0 Å². The minimum absolute atomic E-state index is 0.159. The Morgan fingerprint density at radius 1 is 1.71 bits per heavy atom. The third-order valence-electron chi connectivity index (χ3n) is 1.06. The van der Waals surface area contributed by atoms with Crippen LogP contribution in [0.3, 0.4) is 0 Å². The van der Waals surface area contributed by atoms with E-state index in [9.17, 15) is 0 Å². The Balaban J connectivity index is 2.14. The van der Waals surface area contributed by atoms with Gasteiger partial charge < -0.3 is 0 Å². The quantitative estimate of drug-likeness (QED) is 0.410. The number of hydrogen-bond acceptors (Lipinski definition) is 0. The van der Waals surface area contributed by atoms with Gasteiger partial charge in [0.15, 0.2) is 0 Å². The summed E-state index contributed by atoms with van der Waals surface area (Å²) in [6, 6.07) is 0. The number of halogens is 2. The number of alkyl halides is 5. The summed E-state index contributed by atoms with van der Waals surface area (Å²) in [7, 11) is 0. The van der Waals surface area contributed by atoms with Crippen LogP contribution in [0.15, 0.2) is 0 Å². The Bertz CT molecular complexity index is 48.0. The molecule has 7 heavy (non-hydrogen) atoms. The van der Waals surface area contributed by atoms with Crippen LogP contribution in [0.2, 0.25) is 0 Å². The molecule has 1 heterocycles. The van der Waals surface area contributed by atoms with Crippen LogP contribution in [0.1, 0.15) is 6.92 Å². The van der Waals surface area contributed by atoms with Crippen LogP contribution in [0, 0.1) is 0 Å². The molecule has 0 aromatic rings. The predicted molar refractivity (Wildman–Crippen MR) is 39.2 cm³/mol. The summed E-state index contributed by atoms with van der Waals surface area (Å²) < 4.78 is 6.77. The van der Waals surface area contributed by atoms with Gasteiger partial charge >= 0.3 is 63.7 Å². The van der Waals surface area contributed by atoms with E-state index in [1.165, 1.54) is 0 Å². The van der Waals surface area contributed by atoms with Gasteiger partial charge in [0.1, 0.15) is 0 Å². The standard InChI is InChI=1S/C5H11I2/c1-2-7-4-3-6-5-7/h2-5H2,1H3/q-1. The van der Waals surface area contributed by atoms with Gasteiger partial charge in [-0.15, -0.1) is 0 Å². The molecule has 1 rings (SSSR count). The summed E-state index contributed by atoms with van der Waals surface area (Å²) in [5, 5.41) is 0. The maximum absolute atomic E-state index is 2.39. The van der Waals surface area contributed by atoms with Gasteiger partial charge in [-0.1, -0.05) is 0 Å². The van der Waals surface area contributed by atoms with Crippen LogP contribution in [0.4, 0.5) is 0 Å². The van der Waals surface area contributed by atoms with E-state index in [0.29, 0.717) is 0 Å². The molecule has 0 N–H and O–H groups in total. The summed E-state index contributed by atoms with van der Waals surface area (Å²) >= 11 is 0.606. The van der Waals surface area contributed by atoms with Crippen LogP contribution in [-0.4, -0.2) is 15.7 Å². The van der Waals surface area contributed by atoms with Crippen molar-refractivity contribution in [2.24, 2.45) is 0 Å². The Hall–Kier alpha value is 1.46. The third kappa shape index (κ3) is 2.03. The Kier molecular flexibility index (Phi) is 3.27. The van der Waals surface area contributed by atoms with Crippen molar-refractivity contribution in [3.63, 3.8) is 0 Å². The minimum atomic E-state index is -0.159. The van der Waals surface area contributed by atoms with Gasteiger partial charge in [-0.05, 0) is 0 Å². The second-order valence-corrected chi connectivity index (χ2v) is 13.9. The van der Waals surface area contributed by atoms with Gasteiger partial charge in [-0.3, -0.25) is 0 Å². The molecule has 0 bridgehead atoms. The van der Waals surface area contributed by atoms with Gasteiger partial charge in [-0.25, -0.2) is 0 Å². The molecule has 0 aliphatic carbocycles. The maximum atomic E-state index is 2.39. The first-order valence-electron chi connectivity index (χ1n) is 2.54. The van der Waals surface area contributed by atoms with Gasteiger partial charge in [0, 0.05) is 0 Å². The second-order valence-electron chi connectivity index (χ2n) is 1.50. The molecular formula is C5H11I2-. The van der Waals surface area contributed by atoms with Crippen molar-refractivity contribution in [2.45, 2.75) is 6.92 Å². The molecule has 1 aliphatic rings. The average molecular weight is 325 g/mol. The van der Waals surface area contributed by atoms with Crippen molar-refractivity contribution in [1.29, 1.82) is 0 Å². The molecule has 1 fully saturated rings. The van der Waals surface area contributed by atoms with Crippen molar-refractivity contribution in [2.75, 3.05) is 15.7 Å². The van der Waals surface area contributed by atoms with Crippen LogP contribution < -0.4 is 21.2 Å². The van der Waals surface area contributed by atoms with E-state index in [1.807, 2.05) is 0 Å². The first kappa shape index (κ1) is 6.58. The first-order valence-corrected chi connectivity index (χ1v) is 10.2. The molecule has 0 aromatic carbocycles. The molecular weight excluding hydrogens is 314 g/mol. The fourth-order valence-electron chi connectivity index (χ4n) is 0.559. The van der Waals surface area contributed by atoms with E-state index in [1.54, 1.807) is 15.7 Å². The molecule has 0 radical (unpaired) electrons. The predicted octanol–water partition coefficient (Wildman–Crippen LogP) is -1.43. The van der Waals surface area contributed by atoms with Crippen molar-refractivity contribution in [1.82, 2.24) is 0 Å². The van der Waals surface area contributed by atoms with Crippen molar-refractivity contribution < 1.29 is 21.2 Å². The van der Waals surface area contributed by atoms with Gasteiger partial charge in [0.25, 0.3) is 0 Å². The molecule has 1 aliphatic heterocycles. The van der Waals surface area contributed by atoms with Gasteiger partial charge in [0.2, 0.25) is 0 Å². The fraction of sp³-hybridized carbons (Fsp3) is 1.00. The molecule has 0 amide bonds. The summed E-state index contributed by atoms with van der Waals surface area (Å²) in [6.07, 6.45) is 0. The molecule has 0 nitrogen and oxygen atoms in total. The number of rotatable bonds is 1. The van der Waals surface area contributed by atoms with Crippen LogP contribution in [0.25, 0.3) is 0 Å². The van der Waals surface area contributed by atoms with E-state index in [0.717, 1.165) is 21.2 Å². The van der Waals surface area contributed by atoms with E-state index in [4.69, 9.17) is 0 Å². The van der Waals surface area contributed by atoms with Crippen molar-refractivity contribution in [3.8, 4) is 0 Å². The Morgan fingerprint density at radius 2 is 2.57 bits per heavy atom. The SMILES string of the molecule is CCI1CC[I-]C1. The fourth-order valence-corrected chi connectivity index (χ4v) is 20.0. The number of hydrogen-bond donors (Lipinski definition) is 0. The van der Waals surface area contributed by atoms with Crippen molar-refractivity contribution in [3.05, 3.63) is 0 Å². The van der Waals surface area contributed by atoms with E-state index in [2.05, 4.69) is 6.92 Å². The zero-order valence-electron chi connectivity index (χ0n) is 4.58. The molecule has 0 spiro atoms. The van der Waals surface area contributed by atoms with Crippen LogP contribution in [0.5, 0.6) is 0 Å². The van der Waals surface area contributed by atoms with Crippen LogP contribution in [-0.2, 0) is 0 Å². The van der Waals surface area contributed by atoms with Gasteiger partial charge in [0.05, 0.1) is 0 Å². The summed E-state index contributed by atoms with van der Waals surface area (Å²) in [6.45, 7) is 2.39. The normalized spacial score (nSPS) is 27.3. The summed E-state index contributed by atoms with van der Waals surface area (Å²) in [5.74, 6) is 0. The molecule has 2 heteroatoms. The molecule has 0 aromatic heterocycles. The van der Waals surface area contributed by atoms with Crippen LogP contribution >= 0.6 is 19.8 Å². The first-order chi connectivity index (χ1) is 3.43. The molecule has 0 atom stereocenters. The second kappa shape index (κ2) is 3.48. The molecule has 0 unspecified atom stereocenters. The zero-order chi connectivity index (χ0) is 5.11. The summed E-state index contributed by atoms with van der Waals surface area (Å²) in [5.41, 5.74) is 0. The average Bonchev–Trinajstić information content (AvgIpc) is 2.14. The summed E-state index contributed by atoms with van der Waals surface area (Å²) in [4.78, 5) is 0. The molecule has 46 valence electrons. The van der Waals surface area contributed by atoms with E-state index < -0.39 is 0 Å². The van der Waals surface area contributed by atoms with Crippen molar-refractivity contribution >= 4 is 19.8 Å². The van der Waals surface area contributed by atoms with E-state index >= 15 is 0 Å². The van der Waals surface area contributed by atoms with Gasteiger partial charge in [-0.2, -0.15) is 0 Å². The Morgan fingerprint density at radius 3 is 2.86 bits per heavy atom. The molecule has 0 saturated carbocycles. The third-order valence-corrected chi connectivity index (χ3v) is 18.1. The molecule has 1 saturated heterocycles. The Labute approximate surface area is 63.1 Å². The van der Waals surface area contributed by atoms with E-state index in [-0.39, 0.29) is 19.8 Å². The zero-order valence-corrected chi connectivity index (χ0v) is 8.90.